The minimum atomic E-state index is 0.231. The third-order valence-corrected chi connectivity index (χ3v) is 3.87. The Kier molecular flexibility index (Phi) is 3.63. The molecule has 2 heterocycles. The molecule has 3 rings (SSSR count). The maximum atomic E-state index is 5.56. The number of nitrogens with one attached hydrogen (secondary N) is 1. The molecule has 3 aromatic rings. The number of thiocarbonyl (C=S) groups is 1. The summed E-state index contributed by atoms with van der Waals surface area (Å²) in [5, 5.41) is 3.75. The van der Waals surface area contributed by atoms with E-state index in [-0.39, 0.29) is 4.99 Å². The average Bonchev–Trinajstić information content (AvgIpc) is 2.88. The van der Waals surface area contributed by atoms with E-state index in [2.05, 4.69) is 20.3 Å². The summed E-state index contributed by atoms with van der Waals surface area (Å²) in [4.78, 5) is 13.0. The molecular weight excluding hydrogens is 306 g/mol. The van der Waals surface area contributed by atoms with E-state index in [9.17, 15) is 0 Å². The summed E-state index contributed by atoms with van der Waals surface area (Å²) in [5.74, 6) is 1.20. The lowest BCUT2D eigenvalue weighted by Gasteiger charge is -2.02. The number of fused-ring (bicyclic) bond motifs is 1. The van der Waals surface area contributed by atoms with Gasteiger partial charge in [-0.2, -0.15) is 0 Å². The monoisotopic (exact) mass is 317 g/mol. The van der Waals surface area contributed by atoms with Crippen LogP contribution >= 0.6 is 23.6 Å². The highest BCUT2D eigenvalue weighted by atomic mass is 32.1. The summed E-state index contributed by atoms with van der Waals surface area (Å²) in [5.41, 5.74) is 6.96. The maximum Gasteiger partial charge on any atom is 0.229 e. The molecule has 6 nitrogen and oxygen atoms in total. The minimum Gasteiger partial charge on any atom is -0.497 e. The normalized spacial score (nSPS) is 10.5. The zero-order valence-corrected chi connectivity index (χ0v) is 12.7. The van der Waals surface area contributed by atoms with Gasteiger partial charge in [-0.25, -0.2) is 15.0 Å². The highest BCUT2D eigenvalue weighted by molar-refractivity contribution is 7.80. The lowest BCUT2D eigenvalue weighted by molar-refractivity contribution is 0.415. The number of nitrogens with zero attached hydrogens (tertiary/aromatic N) is 3. The molecule has 106 valence electrons. The first kappa shape index (κ1) is 13.7. The highest BCUT2D eigenvalue weighted by Crippen LogP contribution is 2.30. The van der Waals surface area contributed by atoms with Crippen LogP contribution in [0.2, 0.25) is 0 Å². The molecule has 0 aliphatic heterocycles. The second-order valence-corrected chi connectivity index (χ2v) is 5.58. The van der Waals surface area contributed by atoms with Gasteiger partial charge in [0.1, 0.15) is 16.4 Å². The number of methoxy groups -OCH3 is 1. The topological polar surface area (TPSA) is 86.0 Å². The first-order valence-corrected chi connectivity index (χ1v) is 7.22. The summed E-state index contributed by atoms with van der Waals surface area (Å²) < 4.78 is 6.21. The van der Waals surface area contributed by atoms with Crippen molar-refractivity contribution in [3.63, 3.8) is 0 Å². The summed E-state index contributed by atoms with van der Waals surface area (Å²) in [7, 11) is 1.64. The average molecular weight is 317 g/mol. The molecule has 0 fully saturated rings. The molecule has 0 saturated carbocycles. The SMILES string of the molecule is COc1ccc2nc(Nc3nccc(C(N)=S)n3)sc2c1. The largest absolute Gasteiger partial charge is 0.497 e. The van der Waals surface area contributed by atoms with Crippen LogP contribution in [0.4, 0.5) is 11.1 Å². The van der Waals surface area contributed by atoms with Crippen molar-refractivity contribution >= 4 is 49.8 Å². The fourth-order valence-electron chi connectivity index (χ4n) is 1.74. The Balaban J connectivity index is 1.91. The predicted octanol–water partition coefficient (Wildman–Crippen LogP) is 2.47. The molecule has 0 bridgehead atoms. The van der Waals surface area contributed by atoms with Gasteiger partial charge in [-0.1, -0.05) is 23.6 Å². The van der Waals surface area contributed by atoms with E-state index in [1.54, 1.807) is 19.4 Å². The van der Waals surface area contributed by atoms with E-state index in [0.717, 1.165) is 16.0 Å². The fourth-order valence-corrected chi connectivity index (χ4v) is 2.74. The Labute approximate surface area is 130 Å². The van der Waals surface area contributed by atoms with Crippen LogP contribution in [-0.2, 0) is 0 Å². The molecular formula is C13H11N5OS2. The van der Waals surface area contributed by atoms with Crippen molar-refractivity contribution in [1.82, 2.24) is 15.0 Å². The van der Waals surface area contributed by atoms with Crippen molar-refractivity contribution in [2.75, 3.05) is 12.4 Å². The Hall–Kier alpha value is -2.32. The molecule has 0 aliphatic carbocycles. The Bertz CT molecular complexity index is 817. The maximum absolute atomic E-state index is 5.56. The lowest BCUT2D eigenvalue weighted by Crippen LogP contribution is -2.12. The Morgan fingerprint density at radius 3 is 2.95 bits per heavy atom. The molecule has 8 heteroatoms. The van der Waals surface area contributed by atoms with E-state index < -0.39 is 0 Å². The standard InChI is InChI=1S/C13H11N5OS2/c1-19-7-2-3-8-10(6-7)21-13(17-8)18-12-15-5-4-9(16-12)11(14)20/h2-6H,1H3,(H2,14,20)(H,15,16,17,18). The fraction of sp³-hybridized carbons (Fsp3) is 0.0769. The van der Waals surface area contributed by atoms with Gasteiger partial charge in [-0.3, -0.25) is 5.32 Å². The highest BCUT2D eigenvalue weighted by Gasteiger charge is 2.07. The minimum absolute atomic E-state index is 0.231. The van der Waals surface area contributed by atoms with Crippen LogP contribution < -0.4 is 15.8 Å². The molecule has 0 aliphatic rings. The van der Waals surface area contributed by atoms with Gasteiger partial charge in [-0.05, 0) is 24.3 Å². The first-order chi connectivity index (χ1) is 10.2. The Morgan fingerprint density at radius 1 is 1.33 bits per heavy atom. The smallest absolute Gasteiger partial charge is 0.229 e. The van der Waals surface area contributed by atoms with Gasteiger partial charge in [-0.15, -0.1) is 0 Å². The van der Waals surface area contributed by atoms with Crippen LogP contribution in [0.3, 0.4) is 0 Å². The number of nitrogens with two attached hydrogens (primary N) is 1. The third-order valence-electron chi connectivity index (χ3n) is 2.72. The lowest BCUT2D eigenvalue weighted by atomic mass is 10.3. The molecule has 1 aromatic carbocycles. The van der Waals surface area contributed by atoms with Crippen LogP contribution in [0, 0.1) is 0 Å². The molecule has 0 radical (unpaired) electrons. The predicted molar refractivity (Wildman–Crippen MR) is 87.4 cm³/mol. The number of ether oxygens (including phenoxy) is 1. The quantitative estimate of drug-likeness (QED) is 0.715. The zero-order chi connectivity index (χ0) is 14.8. The molecule has 0 saturated heterocycles. The number of aromatic nitrogens is 3. The van der Waals surface area contributed by atoms with Crippen molar-refractivity contribution in [3.8, 4) is 5.75 Å². The summed E-state index contributed by atoms with van der Waals surface area (Å²) in [6.07, 6.45) is 1.60. The number of rotatable bonds is 4. The summed E-state index contributed by atoms with van der Waals surface area (Å²) in [6, 6.07) is 7.37. The number of hydrogen-bond donors (Lipinski definition) is 2. The van der Waals surface area contributed by atoms with Gasteiger partial charge in [0.15, 0.2) is 5.13 Å². The second-order valence-electron chi connectivity index (χ2n) is 4.11. The molecule has 0 amide bonds. The Morgan fingerprint density at radius 2 is 2.19 bits per heavy atom. The van der Waals surface area contributed by atoms with E-state index in [4.69, 9.17) is 22.7 Å². The van der Waals surface area contributed by atoms with Crippen molar-refractivity contribution in [1.29, 1.82) is 0 Å². The summed E-state index contributed by atoms with van der Waals surface area (Å²) >= 11 is 6.39. The molecule has 0 atom stereocenters. The van der Waals surface area contributed by atoms with Crippen molar-refractivity contribution in [3.05, 3.63) is 36.2 Å². The van der Waals surface area contributed by atoms with Gasteiger partial charge in [0.05, 0.1) is 17.3 Å². The van der Waals surface area contributed by atoms with E-state index in [1.165, 1.54) is 11.3 Å². The van der Waals surface area contributed by atoms with Crippen LogP contribution in [0.15, 0.2) is 30.5 Å². The molecule has 21 heavy (non-hydrogen) atoms. The molecule has 3 N–H and O–H groups in total. The molecule has 2 aromatic heterocycles. The number of hydrogen-bond acceptors (Lipinski definition) is 7. The zero-order valence-electron chi connectivity index (χ0n) is 11.0. The van der Waals surface area contributed by atoms with E-state index >= 15 is 0 Å². The van der Waals surface area contributed by atoms with E-state index in [0.29, 0.717) is 16.8 Å². The van der Waals surface area contributed by atoms with Gasteiger partial charge in [0, 0.05) is 6.20 Å². The summed E-state index contributed by atoms with van der Waals surface area (Å²) in [6.45, 7) is 0. The van der Waals surface area contributed by atoms with Gasteiger partial charge in [0.25, 0.3) is 0 Å². The van der Waals surface area contributed by atoms with Gasteiger partial charge < -0.3 is 10.5 Å². The number of anilines is 2. The van der Waals surface area contributed by atoms with Gasteiger partial charge in [0.2, 0.25) is 5.95 Å². The van der Waals surface area contributed by atoms with Crippen molar-refractivity contribution in [2.24, 2.45) is 5.73 Å². The van der Waals surface area contributed by atoms with Crippen molar-refractivity contribution in [2.45, 2.75) is 0 Å². The number of thiazole rings is 1. The van der Waals surface area contributed by atoms with Crippen LogP contribution in [-0.4, -0.2) is 27.1 Å². The van der Waals surface area contributed by atoms with E-state index in [1.807, 2.05) is 18.2 Å². The molecule has 0 spiro atoms. The molecule has 0 unspecified atom stereocenters. The third kappa shape index (κ3) is 2.91. The van der Waals surface area contributed by atoms with Crippen molar-refractivity contribution < 1.29 is 4.74 Å². The first-order valence-electron chi connectivity index (χ1n) is 6.00. The van der Waals surface area contributed by atoms with Crippen LogP contribution in [0.1, 0.15) is 5.69 Å². The van der Waals surface area contributed by atoms with Gasteiger partial charge >= 0.3 is 0 Å². The van der Waals surface area contributed by atoms with Crippen LogP contribution in [0.5, 0.6) is 5.75 Å². The second kappa shape index (κ2) is 5.58. The van der Waals surface area contributed by atoms with Crippen LogP contribution in [0.25, 0.3) is 10.2 Å². The number of benzene rings is 1.